The highest BCUT2D eigenvalue weighted by molar-refractivity contribution is 5.91. The number of carbonyl (C=O) groups excluding carboxylic acids is 2. The number of carbonyl (C=O) groups is 2. The molecule has 0 unspecified atom stereocenters. The van der Waals surface area contributed by atoms with Gasteiger partial charge in [-0.2, -0.15) is 0 Å². The second kappa shape index (κ2) is 7.45. The van der Waals surface area contributed by atoms with Crippen LogP contribution in [-0.4, -0.2) is 38.7 Å². The molecule has 0 fully saturated rings. The van der Waals surface area contributed by atoms with Gasteiger partial charge in [0.2, 0.25) is 13.6 Å². The molecule has 0 radical (unpaired) electrons. The molecule has 0 aliphatic carbocycles. The van der Waals surface area contributed by atoms with Gasteiger partial charge in [0.1, 0.15) is 0 Å². The molecule has 2 aliphatic heterocycles. The molecule has 2 heterocycles. The monoisotopic (exact) mass is 372 g/mol. The molecule has 0 N–H and O–H groups in total. The van der Waals surface area contributed by atoms with E-state index in [0.29, 0.717) is 40.5 Å². The Morgan fingerprint density at radius 3 is 1.63 bits per heavy atom. The van der Waals surface area contributed by atoms with Gasteiger partial charge in [-0.15, -0.1) is 0 Å². The van der Waals surface area contributed by atoms with Gasteiger partial charge in [-0.05, 0) is 36.4 Å². The Morgan fingerprint density at radius 2 is 1.15 bits per heavy atom. The first kappa shape index (κ1) is 17.0. The molecule has 2 aromatic carbocycles. The first-order chi connectivity index (χ1) is 13.2. The largest absolute Gasteiger partial charge is 0.462 e. The molecule has 8 heteroatoms. The Kier molecular flexibility index (Phi) is 4.69. The normalized spacial score (nSPS) is 13.3. The molecule has 0 atom stereocenters. The number of esters is 2. The Hall–Kier alpha value is -3.42. The van der Waals surface area contributed by atoms with Crippen molar-refractivity contribution >= 4 is 11.9 Å². The molecule has 2 aliphatic rings. The van der Waals surface area contributed by atoms with E-state index in [4.69, 9.17) is 28.4 Å². The van der Waals surface area contributed by atoms with Gasteiger partial charge in [0.25, 0.3) is 0 Å². The van der Waals surface area contributed by atoms with Crippen LogP contribution in [0.25, 0.3) is 0 Å². The molecule has 0 bridgehead atoms. The molecule has 0 spiro atoms. The summed E-state index contributed by atoms with van der Waals surface area (Å²) in [6, 6.07) is 9.68. The fourth-order valence-electron chi connectivity index (χ4n) is 2.60. The van der Waals surface area contributed by atoms with Crippen molar-refractivity contribution < 1.29 is 38.0 Å². The lowest BCUT2D eigenvalue weighted by Crippen LogP contribution is -2.11. The summed E-state index contributed by atoms with van der Waals surface area (Å²) in [4.78, 5) is 24.0. The van der Waals surface area contributed by atoms with Crippen LogP contribution in [0, 0.1) is 0 Å². The van der Waals surface area contributed by atoms with Gasteiger partial charge in [0.05, 0.1) is 24.3 Å². The van der Waals surface area contributed by atoms with E-state index < -0.39 is 11.9 Å². The molecule has 0 saturated carbocycles. The van der Waals surface area contributed by atoms with Gasteiger partial charge in [0, 0.05) is 6.42 Å². The maximum absolute atomic E-state index is 12.0. The summed E-state index contributed by atoms with van der Waals surface area (Å²) in [7, 11) is 0. The second-order valence-electron chi connectivity index (χ2n) is 5.76. The topological polar surface area (TPSA) is 89.5 Å². The molecule has 4 rings (SSSR count). The Labute approximate surface area is 154 Å². The molecule has 8 nitrogen and oxygen atoms in total. The van der Waals surface area contributed by atoms with Gasteiger partial charge in [-0.1, -0.05) is 0 Å². The van der Waals surface area contributed by atoms with Crippen LogP contribution in [0.1, 0.15) is 27.1 Å². The van der Waals surface area contributed by atoms with E-state index in [9.17, 15) is 9.59 Å². The van der Waals surface area contributed by atoms with Crippen LogP contribution in [0.4, 0.5) is 0 Å². The lowest BCUT2D eigenvalue weighted by atomic mass is 10.2. The molecule has 0 aromatic heterocycles. The number of hydrogen-bond donors (Lipinski definition) is 0. The lowest BCUT2D eigenvalue weighted by molar-refractivity contribution is 0.0395. The van der Waals surface area contributed by atoms with Crippen molar-refractivity contribution in [2.75, 3.05) is 26.8 Å². The number of hydrogen-bond acceptors (Lipinski definition) is 8. The van der Waals surface area contributed by atoms with Crippen molar-refractivity contribution in [1.29, 1.82) is 0 Å². The number of rotatable bonds is 6. The highest BCUT2D eigenvalue weighted by Crippen LogP contribution is 2.33. The third-order valence-corrected chi connectivity index (χ3v) is 3.97. The van der Waals surface area contributed by atoms with Crippen LogP contribution in [0.2, 0.25) is 0 Å². The lowest BCUT2D eigenvalue weighted by Gasteiger charge is -2.07. The van der Waals surface area contributed by atoms with Crippen molar-refractivity contribution in [3.63, 3.8) is 0 Å². The third kappa shape index (κ3) is 3.74. The summed E-state index contributed by atoms with van der Waals surface area (Å²) in [6.07, 6.45) is 0.382. The quantitative estimate of drug-likeness (QED) is 0.565. The van der Waals surface area contributed by atoms with E-state index in [2.05, 4.69) is 0 Å². The van der Waals surface area contributed by atoms with Crippen LogP contribution < -0.4 is 18.9 Å². The van der Waals surface area contributed by atoms with Gasteiger partial charge in [-0.3, -0.25) is 0 Å². The maximum atomic E-state index is 12.0. The van der Waals surface area contributed by atoms with E-state index in [1.165, 1.54) is 0 Å². The number of benzene rings is 2. The average Bonchev–Trinajstić information content (AvgIpc) is 3.34. The first-order valence-corrected chi connectivity index (χ1v) is 8.34. The zero-order chi connectivity index (χ0) is 18.6. The maximum Gasteiger partial charge on any atom is 0.338 e. The molecule has 27 heavy (non-hydrogen) atoms. The standard InChI is InChI=1S/C19H16O8/c20-18(12-2-4-14-16(8-12)26-10-24-14)22-6-1-7-23-19(21)13-3-5-15-17(9-13)27-11-25-15/h2-5,8-9H,1,6-7,10-11H2. The minimum atomic E-state index is -0.476. The summed E-state index contributed by atoms with van der Waals surface area (Å²) in [5.41, 5.74) is 0.744. The summed E-state index contributed by atoms with van der Waals surface area (Å²) >= 11 is 0. The summed E-state index contributed by atoms with van der Waals surface area (Å²) in [5, 5.41) is 0. The molecule has 140 valence electrons. The van der Waals surface area contributed by atoms with Crippen LogP contribution in [0.3, 0.4) is 0 Å². The zero-order valence-electron chi connectivity index (χ0n) is 14.3. The van der Waals surface area contributed by atoms with E-state index in [-0.39, 0.29) is 26.8 Å². The molecular weight excluding hydrogens is 356 g/mol. The Balaban J connectivity index is 1.20. The third-order valence-electron chi connectivity index (χ3n) is 3.97. The van der Waals surface area contributed by atoms with Crippen molar-refractivity contribution in [2.45, 2.75) is 6.42 Å². The Bertz CT molecular complexity index is 805. The van der Waals surface area contributed by atoms with Crippen molar-refractivity contribution in [2.24, 2.45) is 0 Å². The Morgan fingerprint density at radius 1 is 0.704 bits per heavy atom. The van der Waals surface area contributed by atoms with Gasteiger partial charge >= 0.3 is 11.9 Å². The highest BCUT2D eigenvalue weighted by atomic mass is 16.7. The smallest absolute Gasteiger partial charge is 0.338 e. The second-order valence-corrected chi connectivity index (χ2v) is 5.76. The molecular formula is C19H16O8. The number of ether oxygens (including phenoxy) is 6. The van der Waals surface area contributed by atoms with Gasteiger partial charge in [-0.25, -0.2) is 9.59 Å². The van der Waals surface area contributed by atoms with Crippen LogP contribution in [0.15, 0.2) is 36.4 Å². The van der Waals surface area contributed by atoms with E-state index in [1.54, 1.807) is 36.4 Å². The van der Waals surface area contributed by atoms with Crippen LogP contribution in [0.5, 0.6) is 23.0 Å². The zero-order valence-corrected chi connectivity index (χ0v) is 14.3. The van der Waals surface area contributed by atoms with Crippen molar-refractivity contribution in [3.8, 4) is 23.0 Å². The van der Waals surface area contributed by atoms with Gasteiger partial charge in [0.15, 0.2) is 23.0 Å². The predicted molar refractivity (Wildman–Crippen MR) is 90.3 cm³/mol. The fourth-order valence-corrected chi connectivity index (χ4v) is 2.60. The average molecular weight is 372 g/mol. The van der Waals surface area contributed by atoms with Crippen LogP contribution in [-0.2, 0) is 9.47 Å². The SMILES string of the molecule is O=C(OCCCOC(=O)c1ccc2c(c1)OCO2)c1ccc2c(c1)OCO2. The number of fused-ring (bicyclic) bond motifs is 2. The summed E-state index contributed by atoms with van der Waals surface area (Å²) in [6.45, 7) is 0.536. The minimum absolute atomic E-state index is 0.127. The van der Waals surface area contributed by atoms with Gasteiger partial charge < -0.3 is 28.4 Å². The van der Waals surface area contributed by atoms with E-state index in [1.807, 2.05) is 0 Å². The summed E-state index contributed by atoms with van der Waals surface area (Å²) in [5.74, 6) is 1.28. The van der Waals surface area contributed by atoms with Crippen LogP contribution >= 0.6 is 0 Å². The molecule has 2 aromatic rings. The van der Waals surface area contributed by atoms with Crippen molar-refractivity contribution in [1.82, 2.24) is 0 Å². The predicted octanol–water partition coefficient (Wildman–Crippen LogP) is 2.55. The minimum Gasteiger partial charge on any atom is -0.462 e. The fraction of sp³-hybridized carbons (Fsp3) is 0.263. The first-order valence-electron chi connectivity index (χ1n) is 8.34. The highest BCUT2D eigenvalue weighted by Gasteiger charge is 2.18. The summed E-state index contributed by atoms with van der Waals surface area (Å²) < 4.78 is 31.2. The molecule has 0 saturated heterocycles. The van der Waals surface area contributed by atoms with Crippen molar-refractivity contribution in [3.05, 3.63) is 47.5 Å². The molecule has 0 amide bonds. The van der Waals surface area contributed by atoms with E-state index in [0.717, 1.165) is 0 Å². The van der Waals surface area contributed by atoms with E-state index >= 15 is 0 Å².